The van der Waals surface area contributed by atoms with Crippen molar-refractivity contribution in [1.29, 1.82) is 0 Å². The highest BCUT2D eigenvalue weighted by atomic mass is 19.1. The number of aromatic hydroxyl groups is 2. The highest BCUT2D eigenvalue weighted by molar-refractivity contribution is 6.08. The van der Waals surface area contributed by atoms with Gasteiger partial charge in [-0.2, -0.15) is 4.39 Å². The van der Waals surface area contributed by atoms with Gasteiger partial charge in [0.15, 0.2) is 11.5 Å². The molecule has 1 aromatic rings. The molecule has 1 unspecified atom stereocenters. The molecular weight excluding hydrogens is 329 g/mol. The average molecular weight is 341 g/mol. The van der Waals surface area contributed by atoms with Crippen molar-refractivity contribution >= 4 is 23.4 Å². The van der Waals surface area contributed by atoms with Crippen molar-refractivity contribution in [3.05, 3.63) is 16.9 Å². The molecule has 11 heteroatoms. The number of carbonyl (C=O) groups is 3. The van der Waals surface area contributed by atoms with E-state index in [1.165, 1.54) is 0 Å². The van der Waals surface area contributed by atoms with Crippen LogP contribution < -0.4 is 11.1 Å². The Morgan fingerprint density at radius 2 is 1.83 bits per heavy atom. The van der Waals surface area contributed by atoms with Crippen LogP contribution in [0.15, 0.2) is 0 Å². The average Bonchev–Trinajstić information content (AvgIpc) is 2.70. The molecule has 1 aromatic carbocycles. The largest absolute Gasteiger partial charge is 0.504 e. The van der Waals surface area contributed by atoms with Gasteiger partial charge in [-0.15, -0.1) is 0 Å². The van der Waals surface area contributed by atoms with Crippen LogP contribution in [0.1, 0.15) is 28.8 Å². The maximum Gasteiger partial charge on any atom is 0.281 e. The zero-order valence-electron chi connectivity index (χ0n) is 11.9. The summed E-state index contributed by atoms with van der Waals surface area (Å²) in [6, 6.07) is -1.47. The normalized spacial score (nSPS) is 22.5. The van der Waals surface area contributed by atoms with Gasteiger partial charge >= 0.3 is 0 Å². The summed E-state index contributed by atoms with van der Waals surface area (Å²) in [5.74, 6) is -10.3. The second kappa shape index (κ2) is 4.79. The minimum atomic E-state index is -3.19. The van der Waals surface area contributed by atoms with E-state index in [9.17, 15) is 39.2 Å². The number of carbonyl (C=O) groups excluding carboxylic acids is 3. The fourth-order valence-electron chi connectivity index (χ4n) is 2.94. The number of halogens is 1. The molecule has 2 heterocycles. The number of hydrogen-bond acceptors (Lipinski definition) is 8. The van der Waals surface area contributed by atoms with Crippen LogP contribution in [0.5, 0.6) is 11.5 Å². The Bertz CT molecular complexity index is 807. The van der Waals surface area contributed by atoms with Gasteiger partial charge in [0.25, 0.3) is 11.8 Å². The van der Waals surface area contributed by atoms with Crippen molar-refractivity contribution in [3.63, 3.8) is 0 Å². The van der Waals surface area contributed by atoms with Gasteiger partial charge in [-0.1, -0.05) is 0 Å². The number of nitrogens with two attached hydrogens (primary N) is 1. The number of phenols is 2. The van der Waals surface area contributed by atoms with Crippen molar-refractivity contribution in [3.8, 4) is 11.5 Å². The van der Waals surface area contributed by atoms with Crippen molar-refractivity contribution in [2.45, 2.75) is 24.8 Å². The minimum absolute atomic E-state index is 0.173. The molecule has 2 aliphatic heterocycles. The first-order chi connectivity index (χ1) is 11.1. The van der Waals surface area contributed by atoms with Crippen LogP contribution in [0.4, 0.5) is 10.1 Å². The Morgan fingerprint density at radius 1 is 1.21 bits per heavy atom. The molecule has 0 saturated carbocycles. The minimum Gasteiger partial charge on any atom is -0.504 e. The predicted octanol–water partition coefficient (Wildman–Crippen LogP) is -1.82. The van der Waals surface area contributed by atoms with Crippen LogP contribution in [0.2, 0.25) is 0 Å². The molecule has 2 aliphatic rings. The number of aliphatic hydroxyl groups is 2. The number of nitrogen functional groups attached to an aromatic ring is 1. The molecule has 1 saturated heterocycles. The zero-order valence-corrected chi connectivity index (χ0v) is 11.9. The van der Waals surface area contributed by atoms with Gasteiger partial charge in [0, 0.05) is 6.42 Å². The first-order valence-electron chi connectivity index (χ1n) is 6.74. The summed E-state index contributed by atoms with van der Waals surface area (Å²) in [6.07, 6.45) is -0.393. The maximum atomic E-state index is 13.7. The quantitative estimate of drug-likeness (QED) is 0.114. The van der Waals surface area contributed by atoms with Gasteiger partial charge in [-0.25, -0.2) is 0 Å². The van der Waals surface area contributed by atoms with E-state index in [2.05, 4.69) is 0 Å². The van der Waals surface area contributed by atoms with Crippen LogP contribution in [0.25, 0.3) is 0 Å². The van der Waals surface area contributed by atoms with Gasteiger partial charge in [0.2, 0.25) is 17.6 Å². The molecule has 0 aromatic heterocycles. The number of fused-ring (bicyclic) bond motifs is 1. The van der Waals surface area contributed by atoms with Crippen LogP contribution in [-0.4, -0.2) is 49.1 Å². The molecule has 1 fully saturated rings. The van der Waals surface area contributed by atoms with Gasteiger partial charge in [-0.05, 0) is 6.42 Å². The molecule has 7 N–H and O–H groups in total. The first-order valence-corrected chi connectivity index (χ1v) is 6.74. The molecular formula is C13H12FN3O7. The Kier molecular flexibility index (Phi) is 3.18. The topological polar surface area (TPSA) is 173 Å². The van der Waals surface area contributed by atoms with E-state index in [1.807, 2.05) is 5.32 Å². The van der Waals surface area contributed by atoms with Crippen LogP contribution >= 0.6 is 0 Å². The zero-order chi connectivity index (χ0) is 18.0. The standard InChI is InChI=1S/C13H12FN3O7/c14-7-9(19)5-6(8(15)10(7)20)13(23,24)17(12(5)22)3-1-2-4(18)16-11(3)21/h3,19-20,23-24H,1-2,15H2,(H,16,18,21). The van der Waals surface area contributed by atoms with Crippen LogP contribution in [0.3, 0.4) is 0 Å². The Labute approximate surface area is 132 Å². The number of rotatable bonds is 1. The summed E-state index contributed by atoms with van der Waals surface area (Å²) in [5, 5.41) is 41.8. The summed E-state index contributed by atoms with van der Waals surface area (Å²) in [6.45, 7) is 0. The van der Waals surface area contributed by atoms with Crippen molar-refractivity contribution in [2.75, 3.05) is 5.73 Å². The number of imide groups is 1. The second-order valence-electron chi connectivity index (χ2n) is 5.45. The molecule has 0 bridgehead atoms. The smallest absolute Gasteiger partial charge is 0.281 e. The number of anilines is 1. The van der Waals surface area contributed by atoms with Gasteiger partial charge in [0.05, 0.1) is 16.8 Å². The van der Waals surface area contributed by atoms with Gasteiger partial charge in [0.1, 0.15) is 6.04 Å². The van der Waals surface area contributed by atoms with E-state index in [1.54, 1.807) is 0 Å². The lowest BCUT2D eigenvalue weighted by atomic mass is 10.0. The number of nitrogens with one attached hydrogen (secondary N) is 1. The van der Waals surface area contributed by atoms with Gasteiger partial charge in [-0.3, -0.25) is 24.6 Å². The molecule has 0 radical (unpaired) electrons. The lowest BCUT2D eigenvalue weighted by Crippen LogP contribution is -2.58. The van der Waals surface area contributed by atoms with E-state index in [0.717, 1.165) is 0 Å². The summed E-state index contributed by atoms with van der Waals surface area (Å²) in [5.41, 5.74) is 2.85. The van der Waals surface area contributed by atoms with E-state index < -0.39 is 63.8 Å². The number of benzene rings is 1. The third-order valence-corrected chi connectivity index (χ3v) is 4.05. The molecule has 1 atom stereocenters. The molecule has 3 amide bonds. The Hall–Kier alpha value is -2.92. The third-order valence-electron chi connectivity index (χ3n) is 4.05. The third kappa shape index (κ3) is 1.85. The Balaban J connectivity index is 2.18. The van der Waals surface area contributed by atoms with E-state index in [4.69, 9.17) is 5.73 Å². The fourth-order valence-corrected chi connectivity index (χ4v) is 2.94. The maximum absolute atomic E-state index is 13.7. The predicted molar refractivity (Wildman–Crippen MR) is 72.6 cm³/mol. The number of piperidine rings is 1. The van der Waals surface area contributed by atoms with Crippen LogP contribution in [-0.2, 0) is 15.5 Å². The monoisotopic (exact) mass is 341 g/mol. The van der Waals surface area contributed by atoms with E-state index in [0.29, 0.717) is 0 Å². The number of amides is 3. The summed E-state index contributed by atoms with van der Waals surface area (Å²) >= 11 is 0. The molecule has 128 valence electrons. The Morgan fingerprint density at radius 3 is 2.42 bits per heavy atom. The molecule has 24 heavy (non-hydrogen) atoms. The SMILES string of the molecule is Nc1c(O)c(F)c(O)c2c1C(O)(O)N(C1CCC(=O)NC1=O)C2=O. The fraction of sp³-hybridized carbons (Fsp3) is 0.308. The summed E-state index contributed by atoms with van der Waals surface area (Å²) in [7, 11) is 0. The highest BCUT2D eigenvalue weighted by Gasteiger charge is 2.56. The lowest BCUT2D eigenvalue weighted by Gasteiger charge is -2.36. The van der Waals surface area contributed by atoms with Gasteiger partial charge < -0.3 is 26.2 Å². The van der Waals surface area contributed by atoms with E-state index >= 15 is 0 Å². The second-order valence-corrected chi connectivity index (χ2v) is 5.45. The molecule has 0 spiro atoms. The molecule has 0 aliphatic carbocycles. The summed E-state index contributed by atoms with van der Waals surface area (Å²) < 4.78 is 13.7. The molecule has 10 nitrogen and oxygen atoms in total. The van der Waals surface area contributed by atoms with Crippen LogP contribution in [0, 0.1) is 5.82 Å². The molecule has 3 rings (SSSR count). The number of hydrogen-bond donors (Lipinski definition) is 6. The lowest BCUT2D eigenvalue weighted by molar-refractivity contribution is -0.258. The van der Waals surface area contributed by atoms with Crippen molar-refractivity contribution in [2.24, 2.45) is 0 Å². The van der Waals surface area contributed by atoms with E-state index in [-0.39, 0.29) is 17.7 Å². The summed E-state index contributed by atoms with van der Waals surface area (Å²) in [4.78, 5) is 35.8. The number of phenolic OH excluding ortho intramolecular Hbond substituents is 2. The van der Waals surface area contributed by atoms with Crippen molar-refractivity contribution < 1.29 is 39.2 Å². The number of nitrogens with zero attached hydrogens (tertiary/aromatic N) is 1. The van der Waals surface area contributed by atoms with Crippen molar-refractivity contribution in [1.82, 2.24) is 10.2 Å². The highest BCUT2D eigenvalue weighted by Crippen LogP contribution is 2.49. The first kappa shape index (κ1) is 16.0.